The fraction of sp³-hybridized carbons (Fsp3) is 0.467. The van der Waals surface area contributed by atoms with Crippen molar-refractivity contribution in [2.75, 3.05) is 12.3 Å². The first-order chi connectivity index (χ1) is 9.11. The number of nitrogens with zero attached hydrogens (tertiary/aromatic N) is 1. The summed E-state index contributed by atoms with van der Waals surface area (Å²) in [6.45, 7) is 4.20. The molecule has 1 aliphatic heterocycles. The monoisotopic (exact) mass is 277 g/mol. The van der Waals surface area contributed by atoms with E-state index in [1.807, 2.05) is 32.0 Å². The summed E-state index contributed by atoms with van der Waals surface area (Å²) < 4.78 is 0. The maximum atomic E-state index is 11.9. The number of rotatable bonds is 5. The van der Waals surface area contributed by atoms with Crippen LogP contribution in [0.2, 0.25) is 0 Å². The van der Waals surface area contributed by atoms with E-state index in [1.54, 1.807) is 11.8 Å². The maximum absolute atomic E-state index is 11.9. The highest BCUT2D eigenvalue weighted by molar-refractivity contribution is 7.98. The number of hydrogen-bond donors (Lipinski definition) is 0. The van der Waals surface area contributed by atoms with Crippen molar-refractivity contribution in [3.63, 3.8) is 0 Å². The van der Waals surface area contributed by atoms with E-state index in [2.05, 4.69) is 12.1 Å². The first kappa shape index (κ1) is 14.1. The van der Waals surface area contributed by atoms with Crippen LogP contribution < -0.4 is 0 Å². The van der Waals surface area contributed by atoms with Crippen LogP contribution in [-0.4, -0.2) is 29.0 Å². The summed E-state index contributed by atoms with van der Waals surface area (Å²) >= 11 is 1.75. The molecule has 0 spiro atoms. The Bertz CT molecular complexity index is 440. The molecule has 1 aromatic rings. The average molecular weight is 277 g/mol. The minimum Gasteiger partial charge on any atom is -0.281 e. The lowest BCUT2D eigenvalue weighted by molar-refractivity contribution is -0.139. The third-order valence-electron chi connectivity index (χ3n) is 3.63. The van der Waals surface area contributed by atoms with E-state index in [4.69, 9.17) is 0 Å². The smallest absolute Gasteiger partial charge is 0.232 e. The van der Waals surface area contributed by atoms with E-state index in [1.165, 1.54) is 10.5 Å². The molecule has 1 fully saturated rings. The van der Waals surface area contributed by atoms with Gasteiger partial charge in [-0.2, -0.15) is 11.8 Å². The molecular formula is C15H19NO2S. The summed E-state index contributed by atoms with van der Waals surface area (Å²) in [6.07, 6.45) is 0. The molecule has 0 bridgehead atoms. The quantitative estimate of drug-likeness (QED) is 0.613. The fourth-order valence-corrected chi connectivity index (χ4v) is 3.05. The van der Waals surface area contributed by atoms with Crippen molar-refractivity contribution >= 4 is 23.6 Å². The molecular weight excluding hydrogens is 258 g/mol. The van der Waals surface area contributed by atoms with Crippen LogP contribution in [0.4, 0.5) is 0 Å². The fourth-order valence-electron chi connectivity index (χ4n) is 2.17. The van der Waals surface area contributed by atoms with Crippen LogP contribution in [0.15, 0.2) is 30.3 Å². The molecule has 1 aromatic carbocycles. The second-order valence-electron chi connectivity index (χ2n) is 4.94. The molecule has 1 heterocycles. The van der Waals surface area contributed by atoms with Gasteiger partial charge in [0, 0.05) is 29.9 Å². The summed E-state index contributed by atoms with van der Waals surface area (Å²) in [6, 6.07) is 10.2. The Morgan fingerprint density at radius 2 is 1.63 bits per heavy atom. The number of thioether (sulfide) groups is 1. The normalized spacial score (nSPS) is 23.2. The molecule has 0 N–H and O–H groups in total. The summed E-state index contributed by atoms with van der Waals surface area (Å²) in [5.41, 5.74) is 1.27. The molecule has 102 valence electrons. The van der Waals surface area contributed by atoms with E-state index < -0.39 is 0 Å². The molecule has 2 atom stereocenters. The first-order valence-electron chi connectivity index (χ1n) is 6.58. The molecule has 1 aliphatic rings. The summed E-state index contributed by atoms with van der Waals surface area (Å²) in [7, 11) is 0. The first-order valence-corrected chi connectivity index (χ1v) is 7.73. The highest BCUT2D eigenvalue weighted by Gasteiger charge is 2.41. The van der Waals surface area contributed by atoms with Crippen molar-refractivity contribution in [2.45, 2.75) is 19.6 Å². The van der Waals surface area contributed by atoms with Crippen LogP contribution in [-0.2, 0) is 15.3 Å². The number of carbonyl (C=O) groups is 2. The van der Waals surface area contributed by atoms with Crippen LogP contribution >= 0.6 is 11.8 Å². The zero-order chi connectivity index (χ0) is 13.8. The number of likely N-dealkylation sites (tertiary alicyclic amines) is 1. The molecule has 1 saturated heterocycles. The molecule has 0 aromatic heterocycles. The third-order valence-corrected chi connectivity index (χ3v) is 4.64. The Hall–Kier alpha value is -1.29. The van der Waals surface area contributed by atoms with Gasteiger partial charge in [0.05, 0.1) is 0 Å². The largest absolute Gasteiger partial charge is 0.281 e. The zero-order valence-corrected chi connectivity index (χ0v) is 12.2. The van der Waals surface area contributed by atoms with Crippen molar-refractivity contribution in [1.29, 1.82) is 0 Å². The van der Waals surface area contributed by atoms with Crippen LogP contribution in [0.5, 0.6) is 0 Å². The molecule has 2 amide bonds. The molecule has 0 unspecified atom stereocenters. The molecule has 2 rings (SSSR count). The van der Waals surface area contributed by atoms with Crippen molar-refractivity contribution < 1.29 is 9.59 Å². The summed E-state index contributed by atoms with van der Waals surface area (Å²) in [4.78, 5) is 25.2. The molecule has 0 saturated carbocycles. The number of imide groups is 1. The van der Waals surface area contributed by atoms with Gasteiger partial charge in [0.25, 0.3) is 0 Å². The minimum atomic E-state index is -0.161. The number of amides is 2. The predicted molar refractivity (Wildman–Crippen MR) is 77.7 cm³/mol. The molecule has 19 heavy (non-hydrogen) atoms. The lowest BCUT2D eigenvalue weighted by Gasteiger charge is -2.13. The number of carbonyl (C=O) groups excluding carboxylic acids is 2. The highest BCUT2D eigenvalue weighted by Crippen LogP contribution is 2.25. The predicted octanol–water partition coefficient (Wildman–Crippen LogP) is 2.56. The van der Waals surface area contributed by atoms with Gasteiger partial charge in [-0.05, 0) is 5.56 Å². The van der Waals surface area contributed by atoms with Gasteiger partial charge in [-0.15, -0.1) is 0 Å². The van der Waals surface area contributed by atoms with Gasteiger partial charge in [0.15, 0.2) is 0 Å². The highest BCUT2D eigenvalue weighted by atomic mass is 32.2. The summed E-state index contributed by atoms with van der Waals surface area (Å²) in [5.74, 6) is 1.36. The van der Waals surface area contributed by atoms with Crippen molar-refractivity contribution in [3.05, 3.63) is 35.9 Å². The Labute approximate surface area is 118 Å². The second-order valence-corrected chi connectivity index (χ2v) is 6.05. The standard InChI is InChI=1S/C15H19NO2S/c1-11-12(2)15(18)16(14(11)17)8-9-19-10-13-6-4-3-5-7-13/h3-7,11-12H,8-10H2,1-2H3/t11-,12-/m1/s1. The lowest BCUT2D eigenvalue weighted by atomic mass is 10.00. The number of benzene rings is 1. The molecule has 3 nitrogen and oxygen atoms in total. The van der Waals surface area contributed by atoms with E-state index in [0.29, 0.717) is 6.54 Å². The van der Waals surface area contributed by atoms with Gasteiger partial charge >= 0.3 is 0 Å². The van der Waals surface area contributed by atoms with Crippen LogP contribution in [0, 0.1) is 11.8 Å². The minimum absolute atomic E-state index is 0.0159. The van der Waals surface area contributed by atoms with Gasteiger partial charge in [0.2, 0.25) is 11.8 Å². The van der Waals surface area contributed by atoms with Gasteiger partial charge in [-0.1, -0.05) is 44.2 Å². The Kier molecular flexibility index (Phi) is 4.64. The molecule has 4 heteroatoms. The van der Waals surface area contributed by atoms with E-state index >= 15 is 0 Å². The van der Waals surface area contributed by atoms with Gasteiger partial charge in [-0.25, -0.2) is 0 Å². The Morgan fingerprint density at radius 3 is 2.21 bits per heavy atom. The van der Waals surface area contributed by atoms with Gasteiger partial charge < -0.3 is 0 Å². The topological polar surface area (TPSA) is 37.4 Å². The average Bonchev–Trinajstić information content (AvgIpc) is 2.62. The SMILES string of the molecule is C[C@H]1C(=O)N(CCSCc2ccccc2)C(=O)[C@@H]1C. The van der Waals surface area contributed by atoms with Crippen molar-refractivity contribution in [2.24, 2.45) is 11.8 Å². The third kappa shape index (κ3) is 3.18. The van der Waals surface area contributed by atoms with E-state index in [-0.39, 0.29) is 23.7 Å². The molecule has 0 radical (unpaired) electrons. The van der Waals surface area contributed by atoms with Crippen molar-refractivity contribution in [1.82, 2.24) is 4.90 Å². The van der Waals surface area contributed by atoms with Crippen LogP contribution in [0.25, 0.3) is 0 Å². The lowest BCUT2D eigenvalue weighted by Crippen LogP contribution is -2.32. The Morgan fingerprint density at radius 1 is 1.05 bits per heavy atom. The Balaban J connectivity index is 1.77. The zero-order valence-electron chi connectivity index (χ0n) is 11.3. The maximum Gasteiger partial charge on any atom is 0.232 e. The van der Waals surface area contributed by atoms with E-state index in [0.717, 1.165) is 11.5 Å². The van der Waals surface area contributed by atoms with Crippen LogP contribution in [0.3, 0.4) is 0 Å². The van der Waals surface area contributed by atoms with Crippen molar-refractivity contribution in [3.8, 4) is 0 Å². The second kappa shape index (κ2) is 6.24. The van der Waals surface area contributed by atoms with Crippen LogP contribution in [0.1, 0.15) is 19.4 Å². The summed E-state index contributed by atoms with van der Waals surface area (Å²) in [5, 5.41) is 0. The van der Waals surface area contributed by atoms with E-state index in [9.17, 15) is 9.59 Å². The van der Waals surface area contributed by atoms with Gasteiger partial charge in [0.1, 0.15) is 0 Å². The van der Waals surface area contributed by atoms with Gasteiger partial charge in [-0.3, -0.25) is 14.5 Å². The molecule has 0 aliphatic carbocycles. The number of hydrogen-bond acceptors (Lipinski definition) is 3.